The summed E-state index contributed by atoms with van der Waals surface area (Å²) in [5.74, 6) is -0.800. The van der Waals surface area contributed by atoms with Gasteiger partial charge >= 0.3 is 0 Å². The molecule has 0 aromatic heterocycles. The van der Waals surface area contributed by atoms with Crippen LogP contribution in [0.4, 0.5) is 0 Å². The fourth-order valence-electron chi connectivity index (χ4n) is 1.12. The number of carbonyl (C=O) groups is 1. The van der Waals surface area contributed by atoms with Crippen molar-refractivity contribution >= 4 is 15.8 Å². The van der Waals surface area contributed by atoms with Gasteiger partial charge in [0.1, 0.15) is 0 Å². The summed E-state index contributed by atoms with van der Waals surface area (Å²) in [6, 6.07) is 7.80. The van der Waals surface area contributed by atoms with E-state index in [4.69, 9.17) is 0 Å². The van der Waals surface area contributed by atoms with E-state index in [1.165, 1.54) is 19.1 Å². The Hall–Kier alpha value is -0.386. The smallest absolute Gasteiger partial charge is 0.183 e. The van der Waals surface area contributed by atoms with Crippen LogP contribution in [0, 0.1) is 5.25 Å². The van der Waals surface area contributed by atoms with Crippen molar-refractivity contribution in [2.45, 2.75) is 18.7 Å². The SMILES string of the molecule is CCOC(=O)[C-](C)S(=O)(=O)c1ccccc1.[Y]. The second kappa shape index (κ2) is 7.14. The molecular weight excluding hydrogens is 317 g/mol. The van der Waals surface area contributed by atoms with Gasteiger partial charge in [-0.25, -0.2) is 0 Å². The molecule has 0 saturated heterocycles. The molecule has 0 heterocycles. The minimum atomic E-state index is -3.72. The predicted octanol–water partition coefficient (Wildman–Crippen LogP) is 1.57. The van der Waals surface area contributed by atoms with E-state index in [1.807, 2.05) is 0 Å². The molecule has 0 amide bonds. The van der Waals surface area contributed by atoms with E-state index < -0.39 is 15.8 Å². The van der Waals surface area contributed by atoms with Crippen LogP contribution in [-0.4, -0.2) is 21.0 Å². The first-order valence-corrected chi connectivity index (χ1v) is 6.29. The average molecular weight is 330 g/mol. The number of esters is 1. The molecule has 1 radical (unpaired) electrons. The van der Waals surface area contributed by atoms with Crippen molar-refractivity contribution in [3.05, 3.63) is 35.6 Å². The van der Waals surface area contributed by atoms with Gasteiger partial charge in [-0.15, -0.1) is 0 Å². The van der Waals surface area contributed by atoms with Crippen molar-refractivity contribution in [2.75, 3.05) is 6.61 Å². The van der Waals surface area contributed by atoms with Gasteiger partial charge in [0.25, 0.3) is 0 Å². The van der Waals surface area contributed by atoms with E-state index in [0.717, 1.165) is 0 Å². The third kappa shape index (κ3) is 4.09. The van der Waals surface area contributed by atoms with Crippen LogP contribution in [0.5, 0.6) is 0 Å². The van der Waals surface area contributed by atoms with Gasteiger partial charge in [-0.3, -0.25) is 13.2 Å². The average Bonchev–Trinajstić information content (AvgIpc) is 2.29. The Kier molecular flexibility index (Phi) is 6.98. The number of carbonyl (C=O) groups excluding carboxylic acids is 1. The zero-order valence-corrected chi connectivity index (χ0v) is 13.4. The molecule has 0 aliphatic rings. The molecule has 1 aromatic rings. The van der Waals surface area contributed by atoms with Gasteiger partial charge in [-0.1, -0.05) is 18.2 Å². The number of rotatable bonds is 4. The van der Waals surface area contributed by atoms with Crippen molar-refractivity contribution < 1.29 is 50.7 Å². The Balaban J connectivity index is 0.00000256. The van der Waals surface area contributed by atoms with Crippen LogP contribution in [0.2, 0.25) is 0 Å². The predicted molar refractivity (Wildman–Crippen MR) is 59.2 cm³/mol. The molecular formula is C11H13O4SY-. The summed E-state index contributed by atoms with van der Waals surface area (Å²) in [5, 5.41) is -0.291. The summed E-state index contributed by atoms with van der Waals surface area (Å²) in [6.07, 6.45) is 0. The number of sulfone groups is 1. The van der Waals surface area contributed by atoms with Crippen LogP contribution < -0.4 is 0 Å². The van der Waals surface area contributed by atoms with Crippen LogP contribution >= 0.6 is 0 Å². The summed E-state index contributed by atoms with van der Waals surface area (Å²) in [5.41, 5.74) is 0. The third-order valence-electron chi connectivity index (χ3n) is 2.02. The van der Waals surface area contributed by atoms with Crippen molar-refractivity contribution in [1.29, 1.82) is 0 Å². The Bertz CT molecular complexity index is 456. The van der Waals surface area contributed by atoms with Crippen molar-refractivity contribution in [3.63, 3.8) is 0 Å². The van der Waals surface area contributed by atoms with E-state index in [2.05, 4.69) is 4.74 Å². The molecule has 17 heavy (non-hydrogen) atoms. The van der Waals surface area contributed by atoms with E-state index >= 15 is 0 Å². The number of hydrogen-bond donors (Lipinski definition) is 0. The molecule has 1 rings (SSSR count). The van der Waals surface area contributed by atoms with E-state index in [9.17, 15) is 13.2 Å². The summed E-state index contributed by atoms with van der Waals surface area (Å²) in [4.78, 5) is 11.4. The molecule has 0 N–H and O–H groups in total. The molecule has 0 bridgehead atoms. The zero-order chi connectivity index (χ0) is 12.2. The number of hydrogen-bond acceptors (Lipinski definition) is 4. The second-order valence-electron chi connectivity index (χ2n) is 3.09. The fourth-order valence-corrected chi connectivity index (χ4v) is 2.27. The number of ether oxygens (including phenoxy) is 1. The van der Waals surface area contributed by atoms with Crippen LogP contribution in [-0.2, 0) is 52.1 Å². The quantitative estimate of drug-likeness (QED) is 0.621. The molecule has 1 aromatic carbocycles. The first kappa shape index (κ1) is 16.6. The molecule has 0 unspecified atom stereocenters. The Morgan fingerprint density at radius 2 is 1.82 bits per heavy atom. The molecule has 0 saturated carbocycles. The van der Waals surface area contributed by atoms with Crippen molar-refractivity contribution in [1.82, 2.24) is 0 Å². The molecule has 0 aliphatic heterocycles. The van der Waals surface area contributed by atoms with Gasteiger partial charge < -0.3 is 4.74 Å². The van der Waals surface area contributed by atoms with E-state index in [-0.39, 0.29) is 49.5 Å². The second-order valence-corrected chi connectivity index (χ2v) is 5.18. The van der Waals surface area contributed by atoms with Crippen LogP contribution in [0.15, 0.2) is 35.2 Å². The Morgan fingerprint density at radius 1 is 1.29 bits per heavy atom. The summed E-state index contributed by atoms with van der Waals surface area (Å²) in [7, 11) is -3.72. The standard InChI is InChI=1S/C11H13O4S.Y/c1-3-15-11(12)9(2)16(13,14)10-7-5-4-6-8-10;/h4-8H,3H2,1-2H3;/q-1;. The largest absolute Gasteiger partial charge is 0.487 e. The molecule has 6 heteroatoms. The molecule has 4 nitrogen and oxygen atoms in total. The molecule has 0 fully saturated rings. The van der Waals surface area contributed by atoms with E-state index in [0.29, 0.717) is 0 Å². The maximum absolute atomic E-state index is 11.9. The normalized spacial score (nSPS) is 10.2. The molecule has 0 spiro atoms. The summed E-state index contributed by atoms with van der Waals surface area (Å²) in [6.45, 7) is 3.03. The Labute approximate surface area is 127 Å². The van der Waals surface area contributed by atoms with E-state index in [1.54, 1.807) is 25.1 Å². The first-order chi connectivity index (χ1) is 7.50. The van der Waals surface area contributed by atoms with Gasteiger partial charge in [-0.2, -0.15) is 12.2 Å². The van der Waals surface area contributed by atoms with Gasteiger partial charge in [-0.05, 0) is 19.1 Å². The van der Waals surface area contributed by atoms with Crippen molar-refractivity contribution in [2.24, 2.45) is 0 Å². The minimum absolute atomic E-state index is 0. The van der Waals surface area contributed by atoms with Gasteiger partial charge in [0, 0.05) is 37.6 Å². The van der Waals surface area contributed by atoms with Crippen LogP contribution in [0.1, 0.15) is 13.8 Å². The maximum atomic E-state index is 11.9. The Morgan fingerprint density at radius 3 is 2.29 bits per heavy atom. The molecule has 0 aliphatic carbocycles. The summed E-state index contributed by atoms with van der Waals surface area (Å²) < 4.78 is 28.5. The first-order valence-electron chi connectivity index (χ1n) is 4.81. The molecule has 91 valence electrons. The fraction of sp³-hybridized carbons (Fsp3) is 0.273. The molecule has 0 atom stereocenters. The topological polar surface area (TPSA) is 60.4 Å². The zero-order valence-electron chi connectivity index (χ0n) is 9.71. The summed E-state index contributed by atoms with van der Waals surface area (Å²) >= 11 is 0. The number of benzene rings is 1. The van der Waals surface area contributed by atoms with Gasteiger partial charge in [0.2, 0.25) is 0 Å². The monoisotopic (exact) mass is 330 g/mol. The maximum Gasteiger partial charge on any atom is 0.183 e. The van der Waals surface area contributed by atoms with Crippen molar-refractivity contribution in [3.8, 4) is 0 Å². The third-order valence-corrected chi connectivity index (χ3v) is 3.89. The van der Waals surface area contributed by atoms with Gasteiger partial charge in [0.05, 0.1) is 16.4 Å². The minimum Gasteiger partial charge on any atom is -0.487 e. The van der Waals surface area contributed by atoms with Crippen LogP contribution in [0.25, 0.3) is 0 Å². The van der Waals surface area contributed by atoms with Crippen LogP contribution in [0.3, 0.4) is 0 Å². The van der Waals surface area contributed by atoms with Gasteiger partial charge in [0.15, 0.2) is 5.97 Å².